The molecule has 36 heavy (non-hydrogen) atoms. The number of piperidine rings is 1. The summed E-state index contributed by atoms with van der Waals surface area (Å²) in [6, 6.07) is 7.87. The summed E-state index contributed by atoms with van der Waals surface area (Å²) in [4.78, 5) is 27.6. The van der Waals surface area contributed by atoms with E-state index in [9.17, 15) is 4.79 Å². The van der Waals surface area contributed by atoms with Gasteiger partial charge in [-0.15, -0.1) is 0 Å². The molecule has 9 heteroatoms. The SMILES string of the molecule is COCCOc1cc2c(Nc3ccc(OC4CCN(C(=O)C5CCC5)CC4)c(C)c3)ncnc2cn1. The normalized spacial score (nSPS) is 16.6. The molecule has 2 aromatic heterocycles. The van der Waals surface area contributed by atoms with Crippen molar-refractivity contribution >= 4 is 28.3 Å². The van der Waals surface area contributed by atoms with Crippen molar-refractivity contribution in [3.05, 3.63) is 42.4 Å². The molecule has 1 aliphatic heterocycles. The van der Waals surface area contributed by atoms with Gasteiger partial charge >= 0.3 is 0 Å². The highest BCUT2D eigenvalue weighted by Gasteiger charge is 2.32. The van der Waals surface area contributed by atoms with Crippen molar-refractivity contribution < 1.29 is 19.0 Å². The lowest BCUT2D eigenvalue weighted by molar-refractivity contribution is -0.140. The van der Waals surface area contributed by atoms with E-state index in [0.717, 1.165) is 66.7 Å². The molecule has 0 spiro atoms. The summed E-state index contributed by atoms with van der Waals surface area (Å²) in [5, 5.41) is 4.21. The van der Waals surface area contributed by atoms with E-state index in [4.69, 9.17) is 14.2 Å². The summed E-state index contributed by atoms with van der Waals surface area (Å²) in [7, 11) is 1.63. The number of methoxy groups -OCH3 is 1. The maximum Gasteiger partial charge on any atom is 0.225 e. The number of carbonyl (C=O) groups is 1. The van der Waals surface area contributed by atoms with E-state index in [1.807, 2.05) is 30.0 Å². The number of anilines is 2. The Morgan fingerprint density at radius 1 is 1.08 bits per heavy atom. The van der Waals surface area contributed by atoms with Gasteiger partial charge in [0.25, 0.3) is 0 Å². The third kappa shape index (κ3) is 5.51. The van der Waals surface area contributed by atoms with Crippen LogP contribution < -0.4 is 14.8 Å². The van der Waals surface area contributed by atoms with E-state index >= 15 is 0 Å². The smallest absolute Gasteiger partial charge is 0.225 e. The number of hydrogen-bond acceptors (Lipinski definition) is 8. The first-order chi connectivity index (χ1) is 17.6. The number of carbonyl (C=O) groups excluding carboxylic acids is 1. The van der Waals surface area contributed by atoms with Crippen LogP contribution >= 0.6 is 0 Å². The van der Waals surface area contributed by atoms with Crippen molar-refractivity contribution in [2.24, 2.45) is 5.92 Å². The molecule has 0 atom stereocenters. The van der Waals surface area contributed by atoms with Crippen molar-refractivity contribution in [3.8, 4) is 11.6 Å². The number of hydrogen-bond donors (Lipinski definition) is 1. The second kappa shape index (κ2) is 11.1. The topological polar surface area (TPSA) is 98.7 Å². The summed E-state index contributed by atoms with van der Waals surface area (Å²) < 4.78 is 17.0. The van der Waals surface area contributed by atoms with Crippen LogP contribution in [0.4, 0.5) is 11.5 Å². The zero-order chi connectivity index (χ0) is 24.9. The molecule has 1 saturated heterocycles. The summed E-state index contributed by atoms with van der Waals surface area (Å²) in [6.07, 6.45) is 8.36. The van der Waals surface area contributed by atoms with Gasteiger partial charge in [0, 0.05) is 56.1 Å². The van der Waals surface area contributed by atoms with Crippen LogP contribution in [0.1, 0.15) is 37.7 Å². The summed E-state index contributed by atoms with van der Waals surface area (Å²) in [5.74, 6) is 2.65. The van der Waals surface area contributed by atoms with Gasteiger partial charge in [0.2, 0.25) is 11.8 Å². The third-order valence-electron chi connectivity index (χ3n) is 6.97. The van der Waals surface area contributed by atoms with Crippen LogP contribution in [0.25, 0.3) is 10.9 Å². The van der Waals surface area contributed by atoms with Gasteiger partial charge in [0.05, 0.1) is 18.3 Å². The van der Waals surface area contributed by atoms with Gasteiger partial charge in [-0.3, -0.25) is 4.79 Å². The molecule has 190 valence electrons. The van der Waals surface area contributed by atoms with Gasteiger partial charge in [-0.1, -0.05) is 6.42 Å². The summed E-state index contributed by atoms with van der Waals surface area (Å²) in [6.45, 7) is 4.51. The van der Waals surface area contributed by atoms with Crippen LogP contribution in [0, 0.1) is 12.8 Å². The standard InChI is InChI=1S/C27H33N5O4/c1-18-14-20(31-26-22-15-25(35-13-12-34-2)28-16-23(22)29-17-30-26)6-7-24(18)36-21-8-10-32(11-9-21)27(33)19-4-3-5-19/h6-7,14-17,19,21H,3-5,8-13H2,1-2H3,(H,29,30,31). The number of benzene rings is 1. The number of aromatic nitrogens is 3. The predicted octanol–water partition coefficient (Wildman–Crippen LogP) is 4.27. The predicted molar refractivity (Wildman–Crippen MR) is 137 cm³/mol. The number of amides is 1. The molecule has 0 radical (unpaired) electrons. The highest BCUT2D eigenvalue weighted by atomic mass is 16.5. The Balaban J connectivity index is 1.22. The molecule has 0 bridgehead atoms. The van der Waals surface area contributed by atoms with Crippen molar-refractivity contribution in [3.63, 3.8) is 0 Å². The quantitative estimate of drug-likeness (QED) is 0.443. The van der Waals surface area contributed by atoms with Gasteiger partial charge in [-0.25, -0.2) is 15.0 Å². The lowest BCUT2D eigenvalue weighted by Crippen LogP contribution is -2.45. The van der Waals surface area contributed by atoms with E-state index in [-0.39, 0.29) is 12.0 Å². The number of nitrogens with zero attached hydrogens (tertiary/aromatic N) is 4. The first kappa shape index (κ1) is 24.2. The molecule has 2 fully saturated rings. The average molecular weight is 492 g/mol. The molecule has 1 saturated carbocycles. The van der Waals surface area contributed by atoms with Gasteiger partial charge in [0.1, 0.15) is 30.6 Å². The van der Waals surface area contributed by atoms with E-state index in [1.54, 1.807) is 13.3 Å². The lowest BCUT2D eigenvalue weighted by atomic mass is 9.84. The Labute approximate surface area is 211 Å². The largest absolute Gasteiger partial charge is 0.490 e. The highest BCUT2D eigenvalue weighted by molar-refractivity contribution is 5.90. The molecule has 1 aromatic carbocycles. The maximum absolute atomic E-state index is 12.5. The molecule has 2 aliphatic rings. The van der Waals surface area contributed by atoms with Gasteiger partial charge in [-0.05, 0) is 43.5 Å². The van der Waals surface area contributed by atoms with E-state index in [2.05, 4.69) is 26.3 Å². The zero-order valence-corrected chi connectivity index (χ0v) is 20.9. The van der Waals surface area contributed by atoms with Crippen molar-refractivity contribution in [2.75, 3.05) is 38.7 Å². The zero-order valence-electron chi connectivity index (χ0n) is 20.9. The monoisotopic (exact) mass is 491 g/mol. The Morgan fingerprint density at radius 3 is 2.64 bits per heavy atom. The average Bonchev–Trinajstić information content (AvgIpc) is 2.85. The lowest BCUT2D eigenvalue weighted by Gasteiger charge is -2.36. The number of likely N-dealkylation sites (tertiary alicyclic amines) is 1. The molecule has 5 rings (SSSR count). The fourth-order valence-corrected chi connectivity index (χ4v) is 4.63. The van der Waals surface area contributed by atoms with Crippen LogP contribution in [0.2, 0.25) is 0 Å². The third-order valence-corrected chi connectivity index (χ3v) is 6.97. The van der Waals surface area contributed by atoms with Gasteiger partial charge < -0.3 is 24.4 Å². The molecule has 1 N–H and O–H groups in total. The number of fused-ring (bicyclic) bond motifs is 1. The maximum atomic E-state index is 12.5. The number of pyridine rings is 1. The first-order valence-electron chi connectivity index (χ1n) is 12.7. The molecule has 3 heterocycles. The number of ether oxygens (including phenoxy) is 3. The Hall–Kier alpha value is -3.46. The number of aryl methyl sites for hydroxylation is 1. The van der Waals surface area contributed by atoms with Crippen LogP contribution in [-0.2, 0) is 9.53 Å². The molecule has 1 amide bonds. The van der Waals surface area contributed by atoms with E-state index in [1.165, 1.54) is 12.7 Å². The Kier molecular flexibility index (Phi) is 7.46. The van der Waals surface area contributed by atoms with Crippen LogP contribution in [0.3, 0.4) is 0 Å². The molecule has 9 nitrogen and oxygen atoms in total. The second-order valence-corrected chi connectivity index (χ2v) is 9.48. The fraction of sp³-hybridized carbons (Fsp3) is 0.481. The van der Waals surface area contributed by atoms with Crippen molar-refractivity contribution in [1.29, 1.82) is 0 Å². The summed E-state index contributed by atoms with van der Waals surface area (Å²) in [5.41, 5.74) is 2.67. The van der Waals surface area contributed by atoms with Gasteiger partial charge in [-0.2, -0.15) is 0 Å². The highest BCUT2D eigenvalue weighted by Crippen LogP contribution is 2.31. The Morgan fingerprint density at radius 2 is 1.92 bits per heavy atom. The summed E-state index contributed by atoms with van der Waals surface area (Å²) >= 11 is 0. The van der Waals surface area contributed by atoms with Crippen LogP contribution in [0.15, 0.2) is 36.8 Å². The minimum Gasteiger partial charge on any atom is -0.490 e. The Bertz CT molecular complexity index is 1210. The number of rotatable bonds is 9. The van der Waals surface area contributed by atoms with Crippen LogP contribution in [0.5, 0.6) is 11.6 Å². The number of nitrogens with one attached hydrogen (secondary N) is 1. The minimum absolute atomic E-state index is 0.128. The molecule has 1 aliphatic carbocycles. The molecular formula is C27H33N5O4. The molecular weight excluding hydrogens is 458 g/mol. The second-order valence-electron chi connectivity index (χ2n) is 9.48. The van der Waals surface area contributed by atoms with Gasteiger partial charge in [0.15, 0.2) is 0 Å². The molecule has 0 unspecified atom stereocenters. The van der Waals surface area contributed by atoms with Crippen molar-refractivity contribution in [2.45, 2.75) is 45.1 Å². The van der Waals surface area contributed by atoms with E-state index in [0.29, 0.717) is 30.8 Å². The van der Waals surface area contributed by atoms with Crippen molar-refractivity contribution in [1.82, 2.24) is 19.9 Å². The molecule has 3 aromatic rings. The minimum atomic E-state index is 0.128. The first-order valence-corrected chi connectivity index (χ1v) is 12.7. The van der Waals surface area contributed by atoms with Crippen LogP contribution in [-0.4, -0.2) is 65.3 Å². The van der Waals surface area contributed by atoms with E-state index < -0.39 is 0 Å². The fourth-order valence-electron chi connectivity index (χ4n) is 4.63.